The molecule has 0 radical (unpaired) electrons. The average molecular weight is 287 g/mol. The average Bonchev–Trinajstić information content (AvgIpc) is 2.47. The quantitative estimate of drug-likeness (QED) is 0.632. The Bertz CT molecular complexity index is 610. The number of nitrogens with two attached hydrogens (primary N) is 1. The van der Waals surface area contributed by atoms with E-state index in [0.717, 1.165) is 29.4 Å². The van der Waals surface area contributed by atoms with Gasteiger partial charge in [0.1, 0.15) is 0 Å². The van der Waals surface area contributed by atoms with Gasteiger partial charge in [-0.2, -0.15) is 0 Å². The summed E-state index contributed by atoms with van der Waals surface area (Å²) in [4.78, 5) is 4.58. The molecule has 0 spiro atoms. The van der Waals surface area contributed by atoms with Crippen LogP contribution in [0.1, 0.15) is 44.0 Å². The molecule has 4 nitrogen and oxygen atoms in total. The fraction of sp³-hybridized carbons (Fsp3) is 0.471. The number of aromatic nitrogens is 1. The summed E-state index contributed by atoms with van der Waals surface area (Å²) in [5, 5.41) is 1.15. The molecule has 0 saturated carbocycles. The normalized spacial score (nSPS) is 13.6. The van der Waals surface area contributed by atoms with Gasteiger partial charge in [-0.05, 0) is 51.3 Å². The Labute approximate surface area is 126 Å². The molecule has 1 heterocycles. The Morgan fingerprint density at radius 1 is 1.33 bits per heavy atom. The summed E-state index contributed by atoms with van der Waals surface area (Å²) in [6, 6.07) is 10.4. The molecule has 2 aromatic rings. The molecule has 3 N–H and O–H groups in total. The van der Waals surface area contributed by atoms with Crippen molar-refractivity contribution in [2.24, 2.45) is 5.84 Å². The molecule has 114 valence electrons. The summed E-state index contributed by atoms with van der Waals surface area (Å²) in [6.45, 7) is 6.20. The second-order valence-electron chi connectivity index (χ2n) is 6.09. The number of nitrogens with zero attached hydrogens (tertiary/aromatic N) is 1. The SMILES string of the molecule is COC(C)(C)CCC(NN)c1cc(C)nc2ccccc12. The van der Waals surface area contributed by atoms with Crippen molar-refractivity contribution < 1.29 is 4.74 Å². The van der Waals surface area contributed by atoms with Crippen molar-refractivity contribution in [3.8, 4) is 0 Å². The number of fused-ring (bicyclic) bond motifs is 1. The van der Waals surface area contributed by atoms with Crippen molar-refractivity contribution in [2.75, 3.05) is 7.11 Å². The highest BCUT2D eigenvalue weighted by molar-refractivity contribution is 5.82. The molecule has 0 aliphatic heterocycles. The highest BCUT2D eigenvalue weighted by atomic mass is 16.5. The predicted octanol–water partition coefficient (Wildman–Crippen LogP) is 3.25. The molecule has 2 rings (SSSR count). The number of benzene rings is 1. The van der Waals surface area contributed by atoms with Gasteiger partial charge in [-0.15, -0.1) is 0 Å². The van der Waals surface area contributed by atoms with Gasteiger partial charge in [0.2, 0.25) is 0 Å². The number of hydrogen-bond donors (Lipinski definition) is 2. The zero-order valence-corrected chi connectivity index (χ0v) is 13.3. The van der Waals surface area contributed by atoms with Crippen molar-refractivity contribution in [1.29, 1.82) is 0 Å². The van der Waals surface area contributed by atoms with Gasteiger partial charge in [-0.25, -0.2) is 0 Å². The molecule has 4 heteroatoms. The third-order valence-electron chi connectivity index (χ3n) is 4.04. The van der Waals surface area contributed by atoms with Gasteiger partial charge >= 0.3 is 0 Å². The van der Waals surface area contributed by atoms with Gasteiger partial charge in [0.15, 0.2) is 0 Å². The minimum Gasteiger partial charge on any atom is -0.379 e. The topological polar surface area (TPSA) is 60.2 Å². The summed E-state index contributed by atoms with van der Waals surface area (Å²) in [7, 11) is 1.75. The van der Waals surface area contributed by atoms with Crippen LogP contribution < -0.4 is 11.3 Å². The number of aryl methyl sites for hydroxylation is 1. The van der Waals surface area contributed by atoms with E-state index in [0.29, 0.717) is 0 Å². The van der Waals surface area contributed by atoms with Crippen molar-refractivity contribution in [1.82, 2.24) is 10.4 Å². The fourth-order valence-electron chi connectivity index (χ4n) is 2.55. The maximum Gasteiger partial charge on any atom is 0.0708 e. The van der Waals surface area contributed by atoms with Crippen molar-refractivity contribution in [3.05, 3.63) is 41.6 Å². The number of hydrogen-bond acceptors (Lipinski definition) is 4. The number of hydrazine groups is 1. The Balaban J connectivity index is 2.34. The van der Waals surface area contributed by atoms with E-state index in [1.807, 2.05) is 25.1 Å². The molecule has 0 fully saturated rings. The zero-order chi connectivity index (χ0) is 15.5. The fourth-order valence-corrected chi connectivity index (χ4v) is 2.55. The number of nitrogens with one attached hydrogen (secondary N) is 1. The van der Waals surface area contributed by atoms with Crippen molar-refractivity contribution >= 4 is 10.9 Å². The molecule has 1 aromatic heterocycles. The molecule has 1 atom stereocenters. The van der Waals surface area contributed by atoms with E-state index in [1.54, 1.807) is 7.11 Å². The maximum atomic E-state index is 5.81. The molecule has 1 unspecified atom stereocenters. The second-order valence-corrected chi connectivity index (χ2v) is 6.09. The highest BCUT2D eigenvalue weighted by Crippen LogP contribution is 2.29. The van der Waals surface area contributed by atoms with Crippen LogP contribution in [0.15, 0.2) is 30.3 Å². The Morgan fingerprint density at radius 3 is 2.71 bits per heavy atom. The van der Waals surface area contributed by atoms with E-state index >= 15 is 0 Å². The standard InChI is InChI=1S/C17H25N3O/c1-12-11-14(13-7-5-6-8-15(13)19-12)16(20-18)9-10-17(2,3)21-4/h5-8,11,16,20H,9-10,18H2,1-4H3. The summed E-state index contributed by atoms with van der Waals surface area (Å²) in [6.07, 6.45) is 1.83. The van der Waals surface area contributed by atoms with Crippen LogP contribution >= 0.6 is 0 Å². The first-order chi connectivity index (χ1) is 9.96. The van der Waals surface area contributed by atoms with Crippen molar-refractivity contribution in [3.63, 3.8) is 0 Å². The number of pyridine rings is 1. The van der Waals surface area contributed by atoms with E-state index in [-0.39, 0.29) is 11.6 Å². The van der Waals surface area contributed by atoms with Crippen LogP contribution in [0.25, 0.3) is 10.9 Å². The highest BCUT2D eigenvalue weighted by Gasteiger charge is 2.21. The molecule has 0 bridgehead atoms. The van der Waals surface area contributed by atoms with Crippen LogP contribution in [0.3, 0.4) is 0 Å². The van der Waals surface area contributed by atoms with E-state index in [4.69, 9.17) is 10.6 Å². The summed E-state index contributed by atoms with van der Waals surface area (Å²) in [5.41, 5.74) is 6.03. The molecular formula is C17H25N3O. The van der Waals surface area contributed by atoms with Crippen LogP contribution in [-0.2, 0) is 4.74 Å². The van der Waals surface area contributed by atoms with Crippen LogP contribution in [0, 0.1) is 6.92 Å². The summed E-state index contributed by atoms with van der Waals surface area (Å²) in [5.74, 6) is 5.81. The van der Waals surface area contributed by atoms with Crippen LogP contribution in [0.5, 0.6) is 0 Å². The lowest BCUT2D eigenvalue weighted by Gasteiger charge is -2.26. The summed E-state index contributed by atoms with van der Waals surface area (Å²) >= 11 is 0. The van der Waals surface area contributed by atoms with Gasteiger partial charge < -0.3 is 4.74 Å². The molecule has 21 heavy (non-hydrogen) atoms. The molecule has 0 saturated heterocycles. The van der Waals surface area contributed by atoms with E-state index < -0.39 is 0 Å². The molecule has 1 aromatic carbocycles. The van der Waals surface area contributed by atoms with Gasteiger partial charge in [-0.1, -0.05) is 18.2 Å². The van der Waals surface area contributed by atoms with Crippen LogP contribution in [0.2, 0.25) is 0 Å². The molecule has 0 aliphatic rings. The first kappa shape index (κ1) is 15.9. The van der Waals surface area contributed by atoms with Gasteiger partial charge in [0.05, 0.1) is 11.1 Å². The van der Waals surface area contributed by atoms with E-state index in [2.05, 4.69) is 36.4 Å². The number of methoxy groups -OCH3 is 1. The lowest BCUT2D eigenvalue weighted by Crippen LogP contribution is -2.31. The second kappa shape index (κ2) is 6.52. The molecule has 0 aliphatic carbocycles. The van der Waals surface area contributed by atoms with E-state index in [9.17, 15) is 0 Å². The van der Waals surface area contributed by atoms with Gasteiger partial charge in [-0.3, -0.25) is 16.3 Å². The predicted molar refractivity (Wildman–Crippen MR) is 86.9 cm³/mol. The number of ether oxygens (including phenoxy) is 1. The van der Waals surface area contributed by atoms with Crippen molar-refractivity contribution in [2.45, 2.75) is 45.3 Å². The van der Waals surface area contributed by atoms with Crippen LogP contribution in [0.4, 0.5) is 0 Å². The Morgan fingerprint density at radius 2 is 2.05 bits per heavy atom. The third-order valence-corrected chi connectivity index (χ3v) is 4.04. The first-order valence-electron chi connectivity index (χ1n) is 7.34. The largest absolute Gasteiger partial charge is 0.379 e. The zero-order valence-electron chi connectivity index (χ0n) is 13.3. The monoisotopic (exact) mass is 287 g/mol. The Kier molecular flexibility index (Phi) is 4.93. The Hall–Kier alpha value is -1.49. The third kappa shape index (κ3) is 3.79. The minimum absolute atomic E-state index is 0.0889. The van der Waals surface area contributed by atoms with E-state index in [1.165, 1.54) is 5.56 Å². The smallest absolute Gasteiger partial charge is 0.0708 e. The van der Waals surface area contributed by atoms with Gasteiger partial charge in [0, 0.05) is 24.2 Å². The number of rotatable bonds is 6. The van der Waals surface area contributed by atoms with Gasteiger partial charge in [0.25, 0.3) is 0 Å². The minimum atomic E-state index is -0.146. The molecule has 0 amide bonds. The lowest BCUT2D eigenvalue weighted by atomic mass is 9.93. The maximum absolute atomic E-state index is 5.81. The summed E-state index contributed by atoms with van der Waals surface area (Å²) < 4.78 is 5.50. The first-order valence-corrected chi connectivity index (χ1v) is 7.34. The molecular weight excluding hydrogens is 262 g/mol. The lowest BCUT2D eigenvalue weighted by molar-refractivity contribution is 0.0117. The number of para-hydroxylation sites is 1. The van der Waals surface area contributed by atoms with Crippen LogP contribution in [-0.4, -0.2) is 17.7 Å².